The summed E-state index contributed by atoms with van der Waals surface area (Å²) in [4.78, 5) is 7.45. The zero-order valence-corrected chi connectivity index (χ0v) is 13.6. The smallest absolute Gasteiger partial charge is 0.129 e. The minimum Gasteiger partial charge on any atom is -0.353 e. The Balaban J connectivity index is 2.31. The normalized spacial score (nSPS) is 15.2. The van der Waals surface area contributed by atoms with Crippen LogP contribution in [0.5, 0.6) is 0 Å². The number of anilines is 1. The third-order valence-electron chi connectivity index (χ3n) is 3.71. The van der Waals surface area contributed by atoms with E-state index in [-0.39, 0.29) is 0 Å². The van der Waals surface area contributed by atoms with Crippen molar-refractivity contribution >= 4 is 5.82 Å². The van der Waals surface area contributed by atoms with Gasteiger partial charge in [0.05, 0.1) is 0 Å². The van der Waals surface area contributed by atoms with E-state index in [1.807, 2.05) is 7.05 Å². The van der Waals surface area contributed by atoms with E-state index in [0.717, 1.165) is 19.1 Å². The number of hydrogen-bond donors (Lipinski definition) is 1. The Hall–Kier alpha value is -1.09. The van der Waals surface area contributed by atoms with Gasteiger partial charge in [0.2, 0.25) is 0 Å². The van der Waals surface area contributed by atoms with Gasteiger partial charge in [-0.25, -0.2) is 4.98 Å². The molecule has 1 aliphatic carbocycles. The van der Waals surface area contributed by atoms with Crippen LogP contribution in [0.25, 0.3) is 0 Å². The summed E-state index contributed by atoms with van der Waals surface area (Å²) in [5, 5.41) is 3.26. The van der Waals surface area contributed by atoms with Crippen LogP contribution in [0.3, 0.4) is 0 Å². The predicted octanol–water partition coefficient (Wildman–Crippen LogP) is 3.55. The summed E-state index contributed by atoms with van der Waals surface area (Å²) >= 11 is 0. The van der Waals surface area contributed by atoms with E-state index in [4.69, 9.17) is 4.98 Å². The Bertz CT molecular complexity index is 436. The van der Waals surface area contributed by atoms with Crippen molar-refractivity contribution < 1.29 is 0 Å². The first kappa shape index (κ1) is 15.3. The number of nitrogens with one attached hydrogen (secondary N) is 1. The molecule has 0 spiro atoms. The van der Waals surface area contributed by atoms with Crippen molar-refractivity contribution in [1.82, 2.24) is 10.3 Å². The number of aromatic nitrogens is 1. The van der Waals surface area contributed by atoms with Crippen LogP contribution in [-0.4, -0.2) is 24.6 Å². The van der Waals surface area contributed by atoms with Crippen LogP contribution in [0.15, 0.2) is 12.1 Å². The van der Waals surface area contributed by atoms with Crippen molar-refractivity contribution in [1.29, 1.82) is 0 Å². The van der Waals surface area contributed by atoms with E-state index in [1.54, 1.807) is 0 Å². The van der Waals surface area contributed by atoms with Gasteiger partial charge >= 0.3 is 0 Å². The molecule has 0 radical (unpaired) electrons. The third kappa shape index (κ3) is 3.95. The lowest BCUT2D eigenvalue weighted by Crippen LogP contribution is -2.31. The van der Waals surface area contributed by atoms with Crippen LogP contribution < -0.4 is 10.2 Å². The van der Waals surface area contributed by atoms with Crippen molar-refractivity contribution in [3.8, 4) is 0 Å². The molecule has 3 nitrogen and oxygen atoms in total. The van der Waals surface area contributed by atoms with Crippen LogP contribution in [0.2, 0.25) is 0 Å². The van der Waals surface area contributed by atoms with Crippen molar-refractivity contribution in [2.75, 3.05) is 18.5 Å². The lowest BCUT2D eigenvalue weighted by Gasteiger charge is -2.27. The molecular formula is C17H29N3. The number of rotatable bonds is 7. The second kappa shape index (κ2) is 6.57. The summed E-state index contributed by atoms with van der Waals surface area (Å²) in [5.74, 6) is 2.33. The summed E-state index contributed by atoms with van der Waals surface area (Å²) < 4.78 is 0. The lowest BCUT2D eigenvalue weighted by atomic mass is 10.1. The second-order valence-electron chi connectivity index (χ2n) is 6.72. The van der Waals surface area contributed by atoms with E-state index >= 15 is 0 Å². The predicted molar refractivity (Wildman–Crippen MR) is 86.3 cm³/mol. The fourth-order valence-corrected chi connectivity index (χ4v) is 2.55. The molecule has 1 aromatic rings. The van der Waals surface area contributed by atoms with Gasteiger partial charge in [0.25, 0.3) is 0 Å². The molecule has 3 heteroatoms. The van der Waals surface area contributed by atoms with E-state index in [9.17, 15) is 0 Å². The largest absolute Gasteiger partial charge is 0.353 e. The molecule has 0 saturated heterocycles. The molecule has 1 aromatic heterocycles. The molecule has 1 N–H and O–H groups in total. The van der Waals surface area contributed by atoms with Gasteiger partial charge < -0.3 is 10.2 Å². The molecule has 0 aromatic carbocycles. The molecule has 1 aliphatic rings. The molecule has 1 fully saturated rings. The summed E-state index contributed by atoms with van der Waals surface area (Å²) in [6, 6.07) is 5.23. The maximum absolute atomic E-state index is 4.93. The number of pyridine rings is 1. The van der Waals surface area contributed by atoms with Crippen LogP contribution in [-0.2, 0) is 6.54 Å². The van der Waals surface area contributed by atoms with Gasteiger partial charge in [-0.2, -0.15) is 0 Å². The van der Waals surface area contributed by atoms with Crippen LogP contribution in [0, 0.1) is 5.92 Å². The van der Waals surface area contributed by atoms with Gasteiger partial charge in [-0.1, -0.05) is 27.7 Å². The molecule has 0 bridgehead atoms. The van der Waals surface area contributed by atoms with Crippen molar-refractivity contribution in [2.45, 2.75) is 59.0 Å². The highest BCUT2D eigenvalue weighted by atomic mass is 15.2. The Labute approximate surface area is 123 Å². The Morgan fingerprint density at radius 2 is 1.95 bits per heavy atom. The first-order chi connectivity index (χ1) is 9.51. The van der Waals surface area contributed by atoms with Crippen molar-refractivity contribution in [3.05, 3.63) is 23.4 Å². The van der Waals surface area contributed by atoms with Gasteiger partial charge in [0, 0.05) is 24.8 Å². The van der Waals surface area contributed by atoms with Gasteiger partial charge in [-0.15, -0.1) is 0 Å². The maximum Gasteiger partial charge on any atom is 0.129 e. The first-order valence-corrected chi connectivity index (χ1v) is 7.93. The lowest BCUT2D eigenvalue weighted by molar-refractivity contribution is 0.600. The molecule has 0 atom stereocenters. The monoisotopic (exact) mass is 275 g/mol. The summed E-state index contributed by atoms with van der Waals surface area (Å²) in [5.41, 5.74) is 2.55. The standard InChI is InChI=1S/C17H29N3/c1-12(2)11-20(15-6-7-15)17-9-14(10-18-5)8-16(19-17)13(3)4/h8-9,12-13,15,18H,6-7,10-11H2,1-5H3. The van der Waals surface area contributed by atoms with E-state index in [2.05, 4.69) is 50.0 Å². The maximum atomic E-state index is 4.93. The molecule has 0 aliphatic heterocycles. The van der Waals surface area contributed by atoms with E-state index < -0.39 is 0 Å². The third-order valence-corrected chi connectivity index (χ3v) is 3.71. The fourth-order valence-electron chi connectivity index (χ4n) is 2.55. The Morgan fingerprint density at radius 1 is 1.25 bits per heavy atom. The average molecular weight is 275 g/mol. The van der Waals surface area contributed by atoms with Crippen molar-refractivity contribution in [2.24, 2.45) is 5.92 Å². The number of nitrogens with zero attached hydrogens (tertiary/aromatic N) is 2. The van der Waals surface area contributed by atoms with Gasteiger partial charge in [-0.3, -0.25) is 0 Å². The summed E-state index contributed by atoms with van der Waals surface area (Å²) in [7, 11) is 2.00. The van der Waals surface area contributed by atoms with Gasteiger partial charge in [0.15, 0.2) is 0 Å². The molecule has 2 rings (SSSR count). The van der Waals surface area contributed by atoms with Crippen LogP contribution >= 0.6 is 0 Å². The minimum atomic E-state index is 0.477. The highest BCUT2D eigenvalue weighted by Gasteiger charge is 2.30. The Morgan fingerprint density at radius 3 is 2.45 bits per heavy atom. The number of hydrogen-bond acceptors (Lipinski definition) is 3. The molecule has 20 heavy (non-hydrogen) atoms. The second-order valence-corrected chi connectivity index (χ2v) is 6.72. The average Bonchev–Trinajstić information content (AvgIpc) is 3.20. The van der Waals surface area contributed by atoms with Crippen LogP contribution in [0.4, 0.5) is 5.82 Å². The zero-order valence-electron chi connectivity index (χ0n) is 13.6. The SMILES string of the molecule is CNCc1cc(C(C)C)nc(N(CC(C)C)C2CC2)c1. The zero-order chi connectivity index (χ0) is 14.7. The molecule has 0 unspecified atom stereocenters. The molecule has 1 heterocycles. The minimum absolute atomic E-state index is 0.477. The quantitative estimate of drug-likeness (QED) is 0.825. The van der Waals surface area contributed by atoms with E-state index in [1.165, 1.54) is 29.9 Å². The summed E-state index contributed by atoms with van der Waals surface area (Å²) in [6.45, 7) is 11.0. The van der Waals surface area contributed by atoms with Gasteiger partial charge in [-0.05, 0) is 49.4 Å². The molecule has 112 valence electrons. The summed E-state index contributed by atoms with van der Waals surface area (Å²) in [6.07, 6.45) is 2.64. The highest BCUT2D eigenvalue weighted by molar-refractivity contribution is 5.45. The molecule has 0 amide bonds. The highest BCUT2D eigenvalue weighted by Crippen LogP contribution is 2.32. The topological polar surface area (TPSA) is 28.2 Å². The van der Waals surface area contributed by atoms with Gasteiger partial charge in [0.1, 0.15) is 5.82 Å². The van der Waals surface area contributed by atoms with E-state index in [0.29, 0.717) is 11.8 Å². The fraction of sp³-hybridized carbons (Fsp3) is 0.706. The van der Waals surface area contributed by atoms with Crippen LogP contribution in [0.1, 0.15) is 57.7 Å². The molecule has 1 saturated carbocycles. The van der Waals surface area contributed by atoms with Crippen molar-refractivity contribution in [3.63, 3.8) is 0 Å². The molecular weight excluding hydrogens is 246 g/mol. The Kier molecular flexibility index (Phi) is 5.03. The first-order valence-electron chi connectivity index (χ1n) is 7.93.